The van der Waals surface area contributed by atoms with Gasteiger partial charge in [-0.25, -0.2) is 0 Å². The van der Waals surface area contributed by atoms with Gasteiger partial charge in [0.25, 0.3) is 0 Å². The van der Waals surface area contributed by atoms with Gasteiger partial charge in [0.1, 0.15) is 0 Å². The van der Waals surface area contributed by atoms with Gasteiger partial charge in [0.15, 0.2) is 0 Å². The lowest BCUT2D eigenvalue weighted by molar-refractivity contribution is -0.186. The summed E-state index contributed by atoms with van der Waals surface area (Å²) in [6.45, 7) is -0.163. The number of likely N-dealkylation sites (tertiary alicyclic amines) is 1. The molecule has 1 saturated heterocycles. The number of piperidine rings is 1. The third-order valence-electron chi connectivity index (χ3n) is 2.58. The Morgan fingerprint density at radius 2 is 1.82 bits per heavy atom. The quantitative estimate of drug-likeness (QED) is 0.704. The molecule has 1 fully saturated rings. The van der Waals surface area contributed by atoms with Gasteiger partial charge in [0.2, 0.25) is 5.91 Å². The summed E-state index contributed by atoms with van der Waals surface area (Å²) in [5.74, 6) is -2.16. The second-order valence-corrected chi connectivity index (χ2v) is 3.84. The SMILES string of the molecule is NCC(=O)NC1CCN(C(=O)C(F)(F)F)CC1. The van der Waals surface area contributed by atoms with Crippen LogP contribution in [-0.4, -0.2) is 48.6 Å². The van der Waals surface area contributed by atoms with Crippen LogP contribution in [0.4, 0.5) is 13.2 Å². The van der Waals surface area contributed by atoms with Gasteiger partial charge in [0, 0.05) is 19.1 Å². The van der Waals surface area contributed by atoms with Crippen LogP contribution in [0, 0.1) is 0 Å². The van der Waals surface area contributed by atoms with Crippen LogP contribution in [0.5, 0.6) is 0 Å². The molecule has 0 unspecified atom stereocenters. The monoisotopic (exact) mass is 253 g/mol. The maximum atomic E-state index is 12.1. The van der Waals surface area contributed by atoms with Crippen LogP contribution < -0.4 is 11.1 Å². The van der Waals surface area contributed by atoms with Crippen LogP contribution in [0.15, 0.2) is 0 Å². The minimum Gasteiger partial charge on any atom is -0.352 e. The van der Waals surface area contributed by atoms with Gasteiger partial charge in [-0.05, 0) is 12.8 Å². The van der Waals surface area contributed by atoms with Gasteiger partial charge in [-0.3, -0.25) is 9.59 Å². The van der Waals surface area contributed by atoms with Gasteiger partial charge in [-0.2, -0.15) is 13.2 Å². The molecule has 1 aliphatic heterocycles. The summed E-state index contributed by atoms with van der Waals surface area (Å²) in [7, 11) is 0. The summed E-state index contributed by atoms with van der Waals surface area (Å²) < 4.78 is 36.4. The molecule has 0 spiro atoms. The minimum absolute atomic E-state index is 0.00609. The van der Waals surface area contributed by atoms with E-state index in [9.17, 15) is 22.8 Å². The first-order valence-electron chi connectivity index (χ1n) is 5.20. The molecule has 3 N–H and O–H groups in total. The average Bonchev–Trinajstić information content (AvgIpc) is 2.27. The Morgan fingerprint density at radius 3 is 2.24 bits per heavy atom. The molecule has 1 heterocycles. The van der Waals surface area contributed by atoms with E-state index in [0.717, 1.165) is 4.90 Å². The highest BCUT2D eigenvalue weighted by Crippen LogP contribution is 2.21. The number of carbonyl (C=O) groups excluding carboxylic acids is 2. The number of nitrogens with two attached hydrogens (primary N) is 1. The van der Waals surface area contributed by atoms with Crippen molar-refractivity contribution in [3.63, 3.8) is 0 Å². The predicted octanol–water partition coefficient (Wildman–Crippen LogP) is -0.385. The van der Waals surface area contributed by atoms with Gasteiger partial charge < -0.3 is 16.0 Å². The first-order valence-corrected chi connectivity index (χ1v) is 5.20. The Hall–Kier alpha value is -1.31. The maximum Gasteiger partial charge on any atom is 0.471 e. The third kappa shape index (κ3) is 3.88. The Labute approximate surface area is 96.1 Å². The number of hydrogen-bond acceptors (Lipinski definition) is 3. The van der Waals surface area contributed by atoms with Crippen LogP contribution in [0.25, 0.3) is 0 Å². The van der Waals surface area contributed by atoms with Crippen molar-refractivity contribution in [3.8, 4) is 0 Å². The summed E-state index contributed by atoms with van der Waals surface area (Å²) in [5, 5.41) is 2.58. The first kappa shape index (κ1) is 13.8. The van der Waals surface area contributed by atoms with Crippen molar-refractivity contribution in [1.82, 2.24) is 10.2 Å². The summed E-state index contributed by atoms with van der Waals surface area (Å²) in [6, 6.07) is -0.205. The topological polar surface area (TPSA) is 75.4 Å². The van der Waals surface area contributed by atoms with E-state index < -0.39 is 12.1 Å². The van der Waals surface area contributed by atoms with Crippen LogP contribution >= 0.6 is 0 Å². The molecule has 2 amide bonds. The smallest absolute Gasteiger partial charge is 0.352 e. The summed E-state index contributed by atoms with van der Waals surface area (Å²) >= 11 is 0. The molecule has 0 radical (unpaired) electrons. The molecule has 5 nitrogen and oxygen atoms in total. The van der Waals surface area contributed by atoms with Crippen LogP contribution in [-0.2, 0) is 9.59 Å². The zero-order valence-corrected chi connectivity index (χ0v) is 9.09. The lowest BCUT2D eigenvalue weighted by atomic mass is 10.0. The number of carbonyl (C=O) groups is 2. The number of amides is 2. The third-order valence-corrected chi connectivity index (χ3v) is 2.58. The van der Waals surface area contributed by atoms with Crippen molar-refractivity contribution in [2.24, 2.45) is 5.73 Å². The Balaban J connectivity index is 2.41. The fourth-order valence-corrected chi connectivity index (χ4v) is 1.69. The van der Waals surface area contributed by atoms with Crippen molar-refractivity contribution >= 4 is 11.8 Å². The normalized spacial score (nSPS) is 18.0. The lowest BCUT2D eigenvalue weighted by Gasteiger charge is -2.32. The van der Waals surface area contributed by atoms with E-state index in [1.54, 1.807) is 0 Å². The molecule has 1 rings (SSSR count). The zero-order valence-electron chi connectivity index (χ0n) is 9.09. The zero-order chi connectivity index (χ0) is 13.1. The highest BCUT2D eigenvalue weighted by molar-refractivity contribution is 5.82. The standard InChI is InChI=1S/C9H14F3N3O2/c10-9(11,12)8(17)15-3-1-6(2-4-15)14-7(16)5-13/h6H,1-5,13H2,(H,14,16). The largest absolute Gasteiger partial charge is 0.471 e. The molecule has 0 atom stereocenters. The Bertz CT molecular complexity index is 298. The number of nitrogens with one attached hydrogen (secondary N) is 1. The summed E-state index contributed by atoms with van der Waals surface area (Å²) in [4.78, 5) is 22.6. The summed E-state index contributed by atoms with van der Waals surface area (Å²) in [5.41, 5.74) is 5.10. The van der Waals surface area contributed by atoms with Gasteiger partial charge >= 0.3 is 12.1 Å². The highest BCUT2D eigenvalue weighted by atomic mass is 19.4. The van der Waals surface area contributed by atoms with E-state index in [1.807, 2.05) is 0 Å². The second-order valence-electron chi connectivity index (χ2n) is 3.84. The van der Waals surface area contributed by atoms with E-state index in [-0.39, 0.29) is 31.6 Å². The fourth-order valence-electron chi connectivity index (χ4n) is 1.69. The maximum absolute atomic E-state index is 12.1. The van der Waals surface area contributed by atoms with Crippen LogP contribution in [0.3, 0.4) is 0 Å². The van der Waals surface area contributed by atoms with Gasteiger partial charge in [-0.15, -0.1) is 0 Å². The average molecular weight is 253 g/mol. The molecule has 0 aromatic heterocycles. The van der Waals surface area contributed by atoms with E-state index in [4.69, 9.17) is 5.73 Å². The fraction of sp³-hybridized carbons (Fsp3) is 0.778. The molecule has 17 heavy (non-hydrogen) atoms. The second kappa shape index (κ2) is 5.35. The van der Waals surface area contributed by atoms with Crippen LogP contribution in [0.2, 0.25) is 0 Å². The molecular weight excluding hydrogens is 239 g/mol. The van der Waals surface area contributed by atoms with Crippen molar-refractivity contribution in [1.29, 1.82) is 0 Å². The van der Waals surface area contributed by atoms with Gasteiger partial charge in [-0.1, -0.05) is 0 Å². The van der Waals surface area contributed by atoms with Crippen molar-refractivity contribution < 1.29 is 22.8 Å². The van der Waals surface area contributed by atoms with Gasteiger partial charge in [0.05, 0.1) is 6.54 Å². The Morgan fingerprint density at radius 1 is 1.29 bits per heavy atom. The minimum atomic E-state index is -4.83. The number of alkyl halides is 3. The van der Waals surface area contributed by atoms with E-state index in [0.29, 0.717) is 12.8 Å². The molecule has 8 heteroatoms. The molecule has 1 aliphatic rings. The van der Waals surface area contributed by atoms with Crippen molar-refractivity contribution in [3.05, 3.63) is 0 Å². The number of rotatable bonds is 2. The highest BCUT2D eigenvalue weighted by Gasteiger charge is 2.43. The van der Waals surface area contributed by atoms with E-state index >= 15 is 0 Å². The van der Waals surface area contributed by atoms with E-state index in [2.05, 4.69) is 5.32 Å². The lowest BCUT2D eigenvalue weighted by Crippen LogP contribution is -2.50. The van der Waals surface area contributed by atoms with Crippen molar-refractivity contribution in [2.75, 3.05) is 19.6 Å². The molecule has 0 bridgehead atoms. The number of halogens is 3. The van der Waals surface area contributed by atoms with E-state index in [1.165, 1.54) is 0 Å². The van der Waals surface area contributed by atoms with Crippen molar-refractivity contribution in [2.45, 2.75) is 25.1 Å². The Kier molecular flexibility index (Phi) is 4.33. The molecule has 0 saturated carbocycles. The summed E-state index contributed by atoms with van der Waals surface area (Å²) in [6.07, 6.45) is -4.20. The van der Waals surface area contributed by atoms with Crippen LogP contribution in [0.1, 0.15) is 12.8 Å². The molecule has 0 aromatic rings. The number of nitrogens with zero attached hydrogens (tertiary/aromatic N) is 1. The number of hydrogen-bond donors (Lipinski definition) is 2. The molecule has 0 aromatic carbocycles. The molecular formula is C9H14F3N3O2. The molecule has 0 aliphatic carbocycles. The molecule has 98 valence electrons. The first-order chi connectivity index (χ1) is 7.84. The predicted molar refractivity (Wildman–Crippen MR) is 52.9 cm³/mol.